The SMILES string of the molecule is COc1ccc(-c2ccsc2-c2ccccc2)cc1. The minimum Gasteiger partial charge on any atom is -0.497 e. The van der Waals surface area contributed by atoms with Crippen LogP contribution < -0.4 is 4.74 Å². The largest absolute Gasteiger partial charge is 0.497 e. The van der Waals surface area contributed by atoms with E-state index in [0.717, 1.165) is 5.75 Å². The third-order valence-corrected chi connectivity index (χ3v) is 4.07. The van der Waals surface area contributed by atoms with Crippen LogP contribution in [0.1, 0.15) is 0 Å². The van der Waals surface area contributed by atoms with Gasteiger partial charge in [-0.2, -0.15) is 0 Å². The molecule has 1 aromatic heterocycles. The lowest BCUT2D eigenvalue weighted by atomic mass is 10.0. The van der Waals surface area contributed by atoms with Crippen LogP contribution in [0.15, 0.2) is 66.0 Å². The second-order valence-corrected chi connectivity index (χ2v) is 5.17. The molecular formula is C17H14OS. The summed E-state index contributed by atoms with van der Waals surface area (Å²) in [4.78, 5) is 1.31. The molecule has 2 heteroatoms. The summed E-state index contributed by atoms with van der Waals surface area (Å²) in [5.41, 5.74) is 3.77. The molecule has 0 amide bonds. The Morgan fingerprint density at radius 2 is 1.53 bits per heavy atom. The van der Waals surface area contributed by atoms with Crippen molar-refractivity contribution in [2.24, 2.45) is 0 Å². The molecule has 0 aliphatic heterocycles. The number of ether oxygens (including phenoxy) is 1. The zero-order valence-corrected chi connectivity index (χ0v) is 11.5. The van der Waals surface area contributed by atoms with Crippen molar-refractivity contribution in [3.63, 3.8) is 0 Å². The Morgan fingerprint density at radius 1 is 0.789 bits per heavy atom. The second kappa shape index (κ2) is 5.29. The number of benzene rings is 2. The first-order valence-corrected chi connectivity index (χ1v) is 7.04. The molecule has 1 nitrogen and oxygen atoms in total. The summed E-state index contributed by atoms with van der Waals surface area (Å²) in [7, 11) is 1.69. The van der Waals surface area contributed by atoms with Gasteiger partial charge in [-0.25, -0.2) is 0 Å². The van der Waals surface area contributed by atoms with E-state index in [0.29, 0.717) is 0 Å². The highest BCUT2D eigenvalue weighted by molar-refractivity contribution is 7.14. The molecule has 0 saturated carbocycles. The number of thiophene rings is 1. The molecule has 94 valence electrons. The Labute approximate surface area is 117 Å². The molecule has 1 heterocycles. The van der Waals surface area contributed by atoms with Crippen molar-refractivity contribution in [1.29, 1.82) is 0 Å². The maximum Gasteiger partial charge on any atom is 0.118 e. The average Bonchev–Trinajstić information content (AvgIpc) is 2.98. The van der Waals surface area contributed by atoms with Crippen LogP contribution in [-0.4, -0.2) is 7.11 Å². The fourth-order valence-corrected chi connectivity index (χ4v) is 3.05. The number of methoxy groups -OCH3 is 1. The van der Waals surface area contributed by atoms with Crippen molar-refractivity contribution in [1.82, 2.24) is 0 Å². The van der Waals surface area contributed by atoms with Gasteiger partial charge >= 0.3 is 0 Å². The van der Waals surface area contributed by atoms with E-state index in [1.165, 1.54) is 21.6 Å². The Bertz CT molecular complexity index is 653. The Morgan fingerprint density at radius 3 is 2.21 bits per heavy atom. The number of hydrogen-bond acceptors (Lipinski definition) is 2. The van der Waals surface area contributed by atoms with Crippen LogP contribution in [0.5, 0.6) is 5.75 Å². The van der Waals surface area contributed by atoms with Crippen LogP contribution in [0, 0.1) is 0 Å². The Kier molecular flexibility index (Phi) is 3.34. The molecule has 0 radical (unpaired) electrons. The van der Waals surface area contributed by atoms with Crippen molar-refractivity contribution in [3.8, 4) is 27.3 Å². The molecule has 0 aliphatic carbocycles. The molecule has 0 fully saturated rings. The maximum atomic E-state index is 5.20. The predicted octanol–water partition coefficient (Wildman–Crippen LogP) is 5.09. The molecule has 0 saturated heterocycles. The van der Waals surface area contributed by atoms with Crippen LogP contribution in [0.2, 0.25) is 0 Å². The van der Waals surface area contributed by atoms with Crippen LogP contribution in [-0.2, 0) is 0 Å². The van der Waals surface area contributed by atoms with Gasteiger partial charge in [-0.05, 0) is 34.7 Å². The van der Waals surface area contributed by atoms with Crippen LogP contribution >= 0.6 is 11.3 Å². The summed E-state index contributed by atoms with van der Waals surface area (Å²) >= 11 is 1.78. The second-order valence-electron chi connectivity index (χ2n) is 4.26. The lowest BCUT2D eigenvalue weighted by Gasteiger charge is -2.05. The van der Waals surface area contributed by atoms with E-state index in [2.05, 4.69) is 47.8 Å². The van der Waals surface area contributed by atoms with Gasteiger partial charge in [0, 0.05) is 10.4 Å². The van der Waals surface area contributed by atoms with E-state index in [-0.39, 0.29) is 0 Å². The molecule has 0 N–H and O–H groups in total. The van der Waals surface area contributed by atoms with E-state index >= 15 is 0 Å². The highest BCUT2D eigenvalue weighted by atomic mass is 32.1. The molecule has 2 aromatic carbocycles. The summed E-state index contributed by atoms with van der Waals surface area (Å²) in [6.07, 6.45) is 0. The first-order chi connectivity index (χ1) is 9.38. The summed E-state index contributed by atoms with van der Waals surface area (Å²) in [5.74, 6) is 0.889. The van der Waals surface area contributed by atoms with Gasteiger partial charge in [-0.1, -0.05) is 42.5 Å². The van der Waals surface area contributed by atoms with Crippen molar-refractivity contribution in [2.75, 3.05) is 7.11 Å². The van der Waals surface area contributed by atoms with Crippen molar-refractivity contribution >= 4 is 11.3 Å². The van der Waals surface area contributed by atoms with Gasteiger partial charge in [0.25, 0.3) is 0 Å². The quantitative estimate of drug-likeness (QED) is 0.641. The van der Waals surface area contributed by atoms with Gasteiger partial charge < -0.3 is 4.74 Å². The standard InChI is InChI=1S/C17H14OS/c1-18-15-9-7-13(8-10-15)16-11-12-19-17(16)14-5-3-2-4-6-14/h2-12H,1H3. The summed E-state index contributed by atoms with van der Waals surface area (Å²) < 4.78 is 5.20. The summed E-state index contributed by atoms with van der Waals surface area (Å²) in [6, 6.07) is 20.9. The minimum absolute atomic E-state index is 0.889. The van der Waals surface area contributed by atoms with Gasteiger partial charge in [-0.3, -0.25) is 0 Å². The van der Waals surface area contributed by atoms with Crippen LogP contribution in [0.3, 0.4) is 0 Å². The summed E-state index contributed by atoms with van der Waals surface area (Å²) in [5, 5.41) is 2.14. The van der Waals surface area contributed by atoms with Crippen molar-refractivity contribution in [2.45, 2.75) is 0 Å². The van der Waals surface area contributed by atoms with E-state index < -0.39 is 0 Å². The normalized spacial score (nSPS) is 10.4. The van der Waals surface area contributed by atoms with E-state index in [4.69, 9.17) is 4.74 Å². The fourth-order valence-electron chi connectivity index (χ4n) is 2.12. The monoisotopic (exact) mass is 266 g/mol. The third-order valence-electron chi connectivity index (χ3n) is 3.10. The van der Waals surface area contributed by atoms with Gasteiger partial charge in [0.1, 0.15) is 5.75 Å². The highest BCUT2D eigenvalue weighted by Crippen LogP contribution is 2.37. The lowest BCUT2D eigenvalue weighted by Crippen LogP contribution is -1.83. The lowest BCUT2D eigenvalue weighted by molar-refractivity contribution is 0.415. The third kappa shape index (κ3) is 2.40. The fraction of sp³-hybridized carbons (Fsp3) is 0.0588. The molecule has 0 aliphatic rings. The zero-order chi connectivity index (χ0) is 13.1. The summed E-state index contributed by atoms with van der Waals surface area (Å²) in [6.45, 7) is 0. The van der Waals surface area contributed by atoms with E-state index in [1.54, 1.807) is 18.4 Å². The number of rotatable bonds is 3. The minimum atomic E-state index is 0.889. The van der Waals surface area contributed by atoms with E-state index in [9.17, 15) is 0 Å². The van der Waals surface area contributed by atoms with Crippen molar-refractivity contribution < 1.29 is 4.74 Å². The van der Waals surface area contributed by atoms with Gasteiger partial charge in [0.05, 0.1) is 7.11 Å². The smallest absolute Gasteiger partial charge is 0.118 e. The first-order valence-electron chi connectivity index (χ1n) is 6.16. The van der Waals surface area contributed by atoms with Gasteiger partial charge in [0.15, 0.2) is 0 Å². The molecule has 3 aromatic rings. The van der Waals surface area contributed by atoms with Crippen LogP contribution in [0.4, 0.5) is 0 Å². The average molecular weight is 266 g/mol. The first kappa shape index (κ1) is 12.0. The van der Waals surface area contributed by atoms with Crippen molar-refractivity contribution in [3.05, 3.63) is 66.0 Å². The Balaban J connectivity index is 2.04. The molecular weight excluding hydrogens is 252 g/mol. The van der Waals surface area contributed by atoms with E-state index in [1.807, 2.05) is 18.2 Å². The molecule has 0 atom stereocenters. The predicted molar refractivity (Wildman–Crippen MR) is 81.7 cm³/mol. The topological polar surface area (TPSA) is 9.23 Å². The Hall–Kier alpha value is -2.06. The highest BCUT2D eigenvalue weighted by Gasteiger charge is 2.08. The molecule has 19 heavy (non-hydrogen) atoms. The van der Waals surface area contributed by atoms with Crippen LogP contribution in [0.25, 0.3) is 21.6 Å². The molecule has 0 spiro atoms. The van der Waals surface area contributed by atoms with Gasteiger partial charge in [-0.15, -0.1) is 11.3 Å². The zero-order valence-electron chi connectivity index (χ0n) is 10.7. The molecule has 0 unspecified atom stereocenters. The maximum absolute atomic E-state index is 5.20. The molecule has 3 rings (SSSR count). The van der Waals surface area contributed by atoms with Gasteiger partial charge in [0.2, 0.25) is 0 Å². The molecule has 0 bridgehead atoms. The number of hydrogen-bond donors (Lipinski definition) is 0.